The van der Waals surface area contributed by atoms with Gasteiger partial charge in [-0.2, -0.15) is 0 Å². The molecule has 0 radical (unpaired) electrons. The molecule has 2 aromatic heterocycles. The highest BCUT2D eigenvalue weighted by Crippen LogP contribution is 2.36. The maximum Gasteiger partial charge on any atom is 0.305 e. The topological polar surface area (TPSA) is 114 Å². The fraction of sp³-hybridized carbons (Fsp3) is 0.409. The van der Waals surface area contributed by atoms with Crippen molar-refractivity contribution >= 4 is 57.7 Å². The zero-order valence-electron chi connectivity index (χ0n) is 18.1. The van der Waals surface area contributed by atoms with E-state index in [1.54, 1.807) is 18.3 Å². The number of carboxylic acid groups (broad SMARTS) is 1. The van der Waals surface area contributed by atoms with Crippen LogP contribution in [0.5, 0.6) is 0 Å². The summed E-state index contributed by atoms with van der Waals surface area (Å²) in [6, 6.07) is 5.31. The summed E-state index contributed by atoms with van der Waals surface area (Å²) in [5, 5.41) is 8.96. The number of anilines is 1. The van der Waals surface area contributed by atoms with Gasteiger partial charge in [0.1, 0.15) is 15.8 Å². The molecule has 5 rings (SSSR count). The van der Waals surface area contributed by atoms with Crippen molar-refractivity contribution in [1.82, 2.24) is 14.3 Å². The number of carbonyl (C=O) groups excluding carboxylic acids is 1. The third kappa shape index (κ3) is 4.22. The first kappa shape index (κ1) is 23.0. The van der Waals surface area contributed by atoms with Crippen LogP contribution in [0.25, 0.3) is 11.7 Å². The quantitative estimate of drug-likeness (QED) is 0.479. The lowest BCUT2D eigenvalue weighted by molar-refractivity contribution is -0.169. The van der Waals surface area contributed by atoms with Gasteiger partial charge in [-0.25, -0.2) is 4.98 Å². The smallest absolute Gasteiger partial charge is 0.305 e. The SMILES string of the molecule is O=C(O)CCN1C(=O)C(=Cc2c(N3CCC4(CC3)OCCO4)nc3ccccn3c2=O)SC1=S. The van der Waals surface area contributed by atoms with Crippen LogP contribution < -0.4 is 10.5 Å². The number of thioether (sulfide) groups is 1. The van der Waals surface area contributed by atoms with E-state index in [4.69, 9.17) is 31.8 Å². The lowest BCUT2D eigenvalue weighted by atomic mass is 10.0. The minimum absolute atomic E-state index is 0.0205. The number of rotatable bonds is 5. The standard InChI is InChI=1S/C22H22N4O6S2/c27-17(28)4-8-26-20(30)15(34-21(26)33)13-14-18(23-16-3-1-2-7-25(16)19(14)29)24-9-5-22(6-10-24)31-11-12-32-22/h1-3,7,13H,4-6,8-12H2,(H,27,28). The van der Waals surface area contributed by atoms with Gasteiger partial charge in [0.25, 0.3) is 11.5 Å². The molecule has 1 spiro atoms. The zero-order valence-corrected chi connectivity index (χ0v) is 19.8. The van der Waals surface area contributed by atoms with E-state index in [1.807, 2.05) is 11.0 Å². The van der Waals surface area contributed by atoms with Gasteiger partial charge < -0.3 is 19.5 Å². The molecular formula is C22H22N4O6S2. The van der Waals surface area contributed by atoms with Crippen LogP contribution in [0.4, 0.5) is 5.82 Å². The molecule has 178 valence electrons. The lowest BCUT2D eigenvalue weighted by Crippen LogP contribution is -2.46. The number of ether oxygens (including phenoxy) is 2. The molecule has 0 unspecified atom stereocenters. The number of hydrogen-bond donors (Lipinski definition) is 1. The molecule has 2 aromatic rings. The van der Waals surface area contributed by atoms with Gasteiger partial charge in [0.15, 0.2) is 5.79 Å². The minimum Gasteiger partial charge on any atom is -0.481 e. The Morgan fingerprint density at radius 3 is 2.68 bits per heavy atom. The predicted octanol–water partition coefficient (Wildman–Crippen LogP) is 1.71. The van der Waals surface area contributed by atoms with Crippen LogP contribution in [0, 0.1) is 0 Å². The summed E-state index contributed by atoms with van der Waals surface area (Å²) < 4.78 is 13.3. The summed E-state index contributed by atoms with van der Waals surface area (Å²) in [6.45, 7) is 2.29. The first-order valence-electron chi connectivity index (χ1n) is 10.9. The van der Waals surface area contributed by atoms with Crippen LogP contribution in [0.15, 0.2) is 34.1 Å². The van der Waals surface area contributed by atoms with Crippen molar-refractivity contribution in [3.63, 3.8) is 0 Å². The van der Waals surface area contributed by atoms with Gasteiger partial charge in [0.2, 0.25) is 0 Å². The van der Waals surface area contributed by atoms with E-state index in [0.29, 0.717) is 50.6 Å². The van der Waals surface area contributed by atoms with Crippen molar-refractivity contribution in [2.45, 2.75) is 25.0 Å². The van der Waals surface area contributed by atoms with E-state index < -0.39 is 17.7 Å². The number of carbonyl (C=O) groups is 2. The van der Waals surface area contributed by atoms with Crippen LogP contribution in [0.3, 0.4) is 0 Å². The number of nitrogens with zero attached hydrogens (tertiary/aromatic N) is 4. The first-order chi connectivity index (χ1) is 16.4. The second kappa shape index (κ2) is 9.10. The molecule has 0 bridgehead atoms. The highest BCUT2D eigenvalue weighted by Gasteiger charge is 2.41. The molecule has 0 aliphatic carbocycles. The normalized spacial score (nSPS) is 21.4. The number of fused-ring (bicyclic) bond motifs is 1. The summed E-state index contributed by atoms with van der Waals surface area (Å²) in [5.74, 6) is -1.52. The maximum absolute atomic E-state index is 13.5. The highest BCUT2D eigenvalue weighted by molar-refractivity contribution is 8.26. The maximum atomic E-state index is 13.5. The van der Waals surface area contributed by atoms with Gasteiger partial charge in [0, 0.05) is 38.7 Å². The van der Waals surface area contributed by atoms with Gasteiger partial charge in [-0.3, -0.25) is 23.7 Å². The van der Waals surface area contributed by atoms with Crippen LogP contribution in [-0.4, -0.2) is 74.2 Å². The molecule has 3 fully saturated rings. The molecule has 10 nitrogen and oxygen atoms in total. The van der Waals surface area contributed by atoms with E-state index in [-0.39, 0.29) is 33.3 Å². The number of piperidine rings is 1. The molecule has 0 atom stereocenters. The first-order valence-corrected chi connectivity index (χ1v) is 12.1. The van der Waals surface area contributed by atoms with Gasteiger partial charge in [0.05, 0.1) is 30.1 Å². The van der Waals surface area contributed by atoms with Crippen molar-refractivity contribution in [1.29, 1.82) is 0 Å². The van der Waals surface area contributed by atoms with E-state index in [0.717, 1.165) is 11.8 Å². The third-order valence-corrected chi connectivity index (χ3v) is 7.46. The van der Waals surface area contributed by atoms with Crippen molar-refractivity contribution in [3.05, 3.63) is 45.2 Å². The Bertz CT molecular complexity index is 1260. The van der Waals surface area contributed by atoms with Gasteiger partial charge in [-0.05, 0) is 18.2 Å². The Balaban J connectivity index is 1.52. The molecule has 3 saturated heterocycles. The largest absolute Gasteiger partial charge is 0.481 e. The monoisotopic (exact) mass is 502 g/mol. The van der Waals surface area contributed by atoms with Crippen LogP contribution in [0.2, 0.25) is 0 Å². The molecule has 0 aromatic carbocycles. The molecule has 3 aliphatic heterocycles. The third-order valence-electron chi connectivity index (χ3n) is 6.09. The summed E-state index contributed by atoms with van der Waals surface area (Å²) in [4.78, 5) is 45.7. The molecule has 0 saturated carbocycles. The molecule has 5 heterocycles. The molecule has 12 heteroatoms. The molecule has 34 heavy (non-hydrogen) atoms. The second-order valence-electron chi connectivity index (χ2n) is 8.15. The summed E-state index contributed by atoms with van der Waals surface area (Å²) in [7, 11) is 0. The van der Waals surface area contributed by atoms with Crippen LogP contribution in [0.1, 0.15) is 24.8 Å². The van der Waals surface area contributed by atoms with Crippen molar-refractivity contribution < 1.29 is 24.2 Å². The second-order valence-corrected chi connectivity index (χ2v) is 9.83. The Morgan fingerprint density at radius 1 is 1.24 bits per heavy atom. The van der Waals surface area contributed by atoms with Crippen LogP contribution in [-0.2, 0) is 19.1 Å². The van der Waals surface area contributed by atoms with Crippen molar-refractivity contribution in [2.75, 3.05) is 37.7 Å². The average molecular weight is 503 g/mol. The van der Waals surface area contributed by atoms with E-state index in [1.165, 1.54) is 15.4 Å². The number of thiocarbonyl (C=S) groups is 1. The number of aliphatic carboxylic acids is 1. The highest BCUT2D eigenvalue weighted by atomic mass is 32.2. The molecular weight excluding hydrogens is 480 g/mol. The summed E-state index contributed by atoms with van der Waals surface area (Å²) >= 11 is 6.34. The van der Waals surface area contributed by atoms with Gasteiger partial charge in [-0.1, -0.05) is 30.0 Å². The van der Waals surface area contributed by atoms with Crippen molar-refractivity contribution in [3.8, 4) is 0 Å². The van der Waals surface area contributed by atoms with E-state index in [2.05, 4.69) is 0 Å². The number of aromatic nitrogens is 2. The van der Waals surface area contributed by atoms with Gasteiger partial charge in [-0.15, -0.1) is 0 Å². The summed E-state index contributed by atoms with van der Waals surface area (Å²) in [6.07, 6.45) is 4.22. The number of pyridine rings is 1. The Morgan fingerprint density at radius 2 is 1.97 bits per heavy atom. The lowest BCUT2D eigenvalue weighted by Gasteiger charge is -2.38. The van der Waals surface area contributed by atoms with Crippen LogP contribution >= 0.6 is 24.0 Å². The zero-order chi connectivity index (χ0) is 23.9. The minimum atomic E-state index is -1.02. The van der Waals surface area contributed by atoms with Crippen molar-refractivity contribution in [2.24, 2.45) is 0 Å². The molecule has 3 aliphatic rings. The van der Waals surface area contributed by atoms with E-state index >= 15 is 0 Å². The Labute approximate surface area is 204 Å². The Hall–Kier alpha value is -2.80. The van der Waals surface area contributed by atoms with E-state index in [9.17, 15) is 14.4 Å². The number of hydrogen-bond acceptors (Lipinski definition) is 9. The molecule has 1 N–H and O–H groups in total. The number of amides is 1. The fourth-order valence-corrected chi connectivity index (χ4v) is 5.62. The summed E-state index contributed by atoms with van der Waals surface area (Å²) in [5.41, 5.74) is 0.485. The molecule has 1 amide bonds. The fourth-order valence-electron chi connectivity index (χ4n) is 4.33. The predicted molar refractivity (Wildman–Crippen MR) is 130 cm³/mol. The Kier molecular flexibility index (Phi) is 6.15. The average Bonchev–Trinajstić information content (AvgIpc) is 3.38. The van der Waals surface area contributed by atoms with Gasteiger partial charge >= 0.3 is 5.97 Å². The number of carboxylic acids is 1.